The molecule has 0 bridgehead atoms. The second-order valence-electron chi connectivity index (χ2n) is 5.89. The maximum absolute atomic E-state index is 12.8. The highest BCUT2D eigenvalue weighted by Crippen LogP contribution is 2.26. The van der Waals surface area contributed by atoms with E-state index in [4.69, 9.17) is 0 Å². The molecular formula is C15H23NO4S2. The summed E-state index contributed by atoms with van der Waals surface area (Å²) in [6.45, 7) is 4.55. The molecule has 0 aliphatic carbocycles. The minimum atomic E-state index is -3.65. The summed E-state index contributed by atoms with van der Waals surface area (Å²) in [5.41, 5.74) is 0.968. The normalized spacial score (nSPS) is 24.5. The van der Waals surface area contributed by atoms with Gasteiger partial charge in [-0.1, -0.05) is 31.0 Å². The summed E-state index contributed by atoms with van der Waals surface area (Å²) < 4.78 is 49.4. The zero-order chi connectivity index (χ0) is 16.4. The predicted molar refractivity (Wildman–Crippen MR) is 87.5 cm³/mol. The Kier molecular flexibility index (Phi) is 5.29. The van der Waals surface area contributed by atoms with Gasteiger partial charge in [-0.2, -0.15) is 0 Å². The van der Waals surface area contributed by atoms with Gasteiger partial charge in [-0.05, 0) is 32.0 Å². The van der Waals surface area contributed by atoms with Crippen molar-refractivity contribution in [2.45, 2.75) is 42.9 Å². The van der Waals surface area contributed by atoms with Crippen LogP contribution >= 0.6 is 0 Å². The third-order valence-electron chi connectivity index (χ3n) is 3.99. The Morgan fingerprint density at radius 2 is 1.82 bits per heavy atom. The van der Waals surface area contributed by atoms with Crippen LogP contribution in [0.5, 0.6) is 0 Å². The van der Waals surface area contributed by atoms with E-state index in [0.717, 1.165) is 18.4 Å². The molecule has 2 rings (SSSR count). The summed E-state index contributed by atoms with van der Waals surface area (Å²) in [4.78, 5) is 0.197. The third-order valence-corrected chi connectivity index (χ3v) is 8.15. The lowest BCUT2D eigenvalue weighted by Crippen LogP contribution is -2.43. The molecule has 0 radical (unpaired) electrons. The van der Waals surface area contributed by atoms with Crippen LogP contribution in [0.1, 0.15) is 25.3 Å². The van der Waals surface area contributed by atoms with Crippen LogP contribution in [-0.2, 0) is 19.7 Å². The first-order valence-corrected chi connectivity index (χ1v) is 10.9. The Balaban J connectivity index is 2.28. The SMILES string of the molecule is CCCCN[C@H]1CS(=O)(=O)C[C@@H]1S(=O)(=O)c1ccc(C)cc1. The number of sulfone groups is 2. The first kappa shape index (κ1) is 17.4. The van der Waals surface area contributed by atoms with Crippen molar-refractivity contribution in [2.75, 3.05) is 18.1 Å². The highest BCUT2D eigenvalue weighted by Gasteiger charge is 2.45. The van der Waals surface area contributed by atoms with Gasteiger partial charge in [0.15, 0.2) is 19.7 Å². The summed E-state index contributed by atoms with van der Waals surface area (Å²) in [5, 5.41) is 2.21. The van der Waals surface area contributed by atoms with Crippen LogP contribution in [-0.4, -0.2) is 46.2 Å². The van der Waals surface area contributed by atoms with Crippen molar-refractivity contribution >= 4 is 19.7 Å². The van der Waals surface area contributed by atoms with Crippen LogP contribution in [0.3, 0.4) is 0 Å². The maximum atomic E-state index is 12.8. The fourth-order valence-corrected chi connectivity index (χ4v) is 7.40. The lowest BCUT2D eigenvalue weighted by atomic mass is 10.2. The Labute approximate surface area is 133 Å². The second-order valence-corrected chi connectivity index (χ2v) is 10.2. The molecule has 2 atom stereocenters. The van der Waals surface area contributed by atoms with Crippen LogP contribution in [0.25, 0.3) is 0 Å². The van der Waals surface area contributed by atoms with Gasteiger partial charge in [-0.15, -0.1) is 0 Å². The molecule has 1 aliphatic heterocycles. The number of hydrogen-bond donors (Lipinski definition) is 1. The predicted octanol–water partition coefficient (Wildman–Crippen LogP) is 1.32. The monoisotopic (exact) mass is 345 g/mol. The van der Waals surface area contributed by atoms with E-state index in [-0.39, 0.29) is 16.4 Å². The van der Waals surface area contributed by atoms with E-state index in [1.165, 1.54) is 0 Å². The molecule has 0 saturated carbocycles. The van der Waals surface area contributed by atoms with E-state index in [0.29, 0.717) is 6.54 Å². The van der Waals surface area contributed by atoms with Crippen molar-refractivity contribution in [3.63, 3.8) is 0 Å². The van der Waals surface area contributed by atoms with E-state index in [1.54, 1.807) is 24.3 Å². The third kappa shape index (κ3) is 3.88. The number of aryl methyl sites for hydroxylation is 1. The molecule has 1 saturated heterocycles. The van der Waals surface area contributed by atoms with Crippen LogP contribution in [0.2, 0.25) is 0 Å². The number of hydrogen-bond acceptors (Lipinski definition) is 5. The standard InChI is InChI=1S/C15H23NO4S2/c1-3-4-9-16-14-10-21(17,18)11-15(14)22(19,20)13-7-5-12(2)6-8-13/h5-8,14-16H,3-4,9-11H2,1-2H3/t14-,15-/m0/s1. The minimum absolute atomic E-state index is 0.105. The molecule has 1 heterocycles. The molecular weight excluding hydrogens is 322 g/mol. The molecule has 124 valence electrons. The van der Waals surface area contributed by atoms with Gasteiger partial charge in [0.2, 0.25) is 0 Å². The van der Waals surface area contributed by atoms with E-state index >= 15 is 0 Å². The lowest BCUT2D eigenvalue weighted by Gasteiger charge is -2.20. The van der Waals surface area contributed by atoms with Gasteiger partial charge in [0.05, 0.1) is 21.7 Å². The van der Waals surface area contributed by atoms with Crippen molar-refractivity contribution in [1.82, 2.24) is 5.32 Å². The molecule has 7 heteroatoms. The Hall–Kier alpha value is -0.920. The largest absolute Gasteiger partial charge is 0.312 e. The number of rotatable bonds is 6. The van der Waals surface area contributed by atoms with E-state index in [2.05, 4.69) is 5.32 Å². The number of nitrogens with one attached hydrogen (secondary N) is 1. The van der Waals surface area contributed by atoms with Crippen molar-refractivity contribution < 1.29 is 16.8 Å². The van der Waals surface area contributed by atoms with Gasteiger partial charge in [-0.3, -0.25) is 0 Å². The van der Waals surface area contributed by atoms with E-state index < -0.39 is 31.0 Å². The average molecular weight is 345 g/mol. The van der Waals surface area contributed by atoms with E-state index in [1.807, 2.05) is 13.8 Å². The molecule has 0 aromatic heterocycles. The smallest absolute Gasteiger partial charge is 0.183 e. The molecule has 0 amide bonds. The fourth-order valence-electron chi connectivity index (χ4n) is 2.68. The molecule has 1 aromatic rings. The highest BCUT2D eigenvalue weighted by molar-refractivity contribution is 7.96. The topological polar surface area (TPSA) is 80.3 Å². The van der Waals surface area contributed by atoms with Gasteiger partial charge in [0, 0.05) is 6.04 Å². The second kappa shape index (κ2) is 6.68. The summed E-state index contributed by atoms with van der Waals surface area (Å²) in [6.07, 6.45) is 1.87. The van der Waals surface area contributed by atoms with Crippen molar-refractivity contribution in [1.29, 1.82) is 0 Å². The zero-order valence-corrected chi connectivity index (χ0v) is 14.6. The first-order chi connectivity index (χ1) is 10.3. The Bertz CT molecular complexity index is 708. The van der Waals surface area contributed by atoms with E-state index in [9.17, 15) is 16.8 Å². The van der Waals surface area contributed by atoms with Crippen molar-refractivity contribution in [3.05, 3.63) is 29.8 Å². The lowest BCUT2D eigenvalue weighted by molar-refractivity contribution is 0.518. The van der Waals surface area contributed by atoms with Crippen LogP contribution < -0.4 is 5.32 Å². The molecule has 1 aromatic carbocycles. The highest BCUT2D eigenvalue weighted by atomic mass is 32.2. The first-order valence-electron chi connectivity index (χ1n) is 7.50. The van der Waals surface area contributed by atoms with Gasteiger partial charge < -0.3 is 5.32 Å². The Morgan fingerprint density at radius 1 is 1.18 bits per heavy atom. The summed E-state index contributed by atoms with van der Waals surface area (Å²) in [5.74, 6) is -0.403. The summed E-state index contributed by atoms with van der Waals surface area (Å²) in [6, 6.07) is 6.05. The van der Waals surface area contributed by atoms with Crippen LogP contribution in [0.15, 0.2) is 29.2 Å². The maximum Gasteiger partial charge on any atom is 0.183 e. The summed E-state index contributed by atoms with van der Waals surface area (Å²) >= 11 is 0. The van der Waals surface area contributed by atoms with Gasteiger partial charge in [0.1, 0.15) is 0 Å². The molecule has 1 N–H and O–H groups in total. The molecule has 0 spiro atoms. The molecule has 1 fully saturated rings. The van der Waals surface area contributed by atoms with Crippen molar-refractivity contribution in [3.8, 4) is 0 Å². The molecule has 1 aliphatic rings. The number of unbranched alkanes of at least 4 members (excludes halogenated alkanes) is 1. The molecule has 22 heavy (non-hydrogen) atoms. The minimum Gasteiger partial charge on any atom is -0.312 e. The summed E-state index contributed by atoms with van der Waals surface area (Å²) in [7, 11) is -6.98. The number of benzene rings is 1. The fraction of sp³-hybridized carbons (Fsp3) is 0.600. The van der Waals surface area contributed by atoms with Gasteiger partial charge >= 0.3 is 0 Å². The van der Waals surface area contributed by atoms with Crippen LogP contribution in [0.4, 0.5) is 0 Å². The van der Waals surface area contributed by atoms with Gasteiger partial charge in [-0.25, -0.2) is 16.8 Å². The Morgan fingerprint density at radius 3 is 2.41 bits per heavy atom. The van der Waals surface area contributed by atoms with Crippen molar-refractivity contribution in [2.24, 2.45) is 0 Å². The average Bonchev–Trinajstić information content (AvgIpc) is 2.75. The molecule has 5 nitrogen and oxygen atoms in total. The van der Waals surface area contributed by atoms with Gasteiger partial charge in [0.25, 0.3) is 0 Å². The molecule has 0 unspecified atom stereocenters. The quantitative estimate of drug-likeness (QED) is 0.787. The zero-order valence-electron chi connectivity index (χ0n) is 12.9. The van der Waals surface area contributed by atoms with Crippen LogP contribution in [0, 0.1) is 6.92 Å².